The number of rotatable bonds is 6. The molecule has 0 radical (unpaired) electrons. The van der Waals surface area contributed by atoms with Crippen LogP contribution < -0.4 is 9.46 Å². The van der Waals surface area contributed by atoms with Gasteiger partial charge in [-0.2, -0.15) is 10.4 Å². The highest BCUT2D eigenvalue weighted by Crippen LogP contribution is 2.23. The SMILES string of the molecule is COc1ccc(S(=O)(=O)Nc2cnn(Cc3ccccc3)c2)cc1C#N. The van der Waals surface area contributed by atoms with Crippen molar-refractivity contribution in [1.29, 1.82) is 5.26 Å². The van der Waals surface area contributed by atoms with Gasteiger partial charge in [-0.15, -0.1) is 0 Å². The molecule has 1 aromatic heterocycles. The first kappa shape index (κ1) is 17.5. The van der Waals surface area contributed by atoms with Gasteiger partial charge in [0.25, 0.3) is 10.0 Å². The lowest BCUT2D eigenvalue weighted by Crippen LogP contribution is -2.13. The molecule has 0 bridgehead atoms. The second-order valence-corrected chi connectivity index (χ2v) is 7.17. The average Bonchev–Trinajstić information content (AvgIpc) is 3.08. The minimum absolute atomic E-state index is 0.0225. The van der Waals surface area contributed by atoms with Gasteiger partial charge in [-0.1, -0.05) is 30.3 Å². The second kappa shape index (κ2) is 7.29. The zero-order chi connectivity index (χ0) is 18.6. The second-order valence-electron chi connectivity index (χ2n) is 5.49. The molecule has 0 aliphatic carbocycles. The molecular formula is C18H16N4O3S. The average molecular weight is 368 g/mol. The highest BCUT2D eigenvalue weighted by Gasteiger charge is 2.17. The zero-order valence-electron chi connectivity index (χ0n) is 14.0. The van der Waals surface area contributed by atoms with Gasteiger partial charge in [0.15, 0.2) is 0 Å². The largest absolute Gasteiger partial charge is 0.495 e. The lowest BCUT2D eigenvalue weighted by Gasteiger charge is -2.08. The number of sulfonamides is 1. The molecule has 3 rings (SSSR count). The highest BCUT2D eigenvalue weighted by atomic mass is 32.2. The van der Waals surface area contributed by atoms with Crippen LogP contribution in [0.25, 0.3) is 0 Å². The van der Waals surface area contributed by atoms with Crippen LogP contribution >= 0.6 is 0 Å². The number of hydrogen-bond donors (Lipinski definition) is 1. The Kier molecular flexibility index (Phi) is 4.91. The van der Waals surface area contributed by atoms with Gasteiger partial charge >= 0.3 is 0 Å². The quantitative estimate of drug-likeness (QED) is 0.721. The number of hydrogen-bond acceptors (Lipinski definition) is 5. The van der Waals surface area contributed by atoms with Crippen molar-refractivity contribution in [2.24, 2.45) is 0 Å². The molecule has 0 amide bonds. The van der Waals surface area contributed by atoms with Crippen molar-refractivity contribution in [2.75, 3.05) is 11.8 Å². The van der Waals surface area contributed by atoms with Crippen molar-refractivity contribution in [3.8, 4) is 11.8 Å². The van der Waals surface area contributed by atoms with E-state index in [9.17, 15) is 8.42 Å². The monoisotopic (exact) mass is 368 g/mol. The lowest BCUT2D eigenvalue weighted by atomic mass is 10.2. The minimum atomic E-state index is -3.84. The first-order valence-electron chi connectivity index (χ1n) is 7.69. The summed E-state index contributed by atoms with van der Waals surface area (Å²) in [6.07, 6.45) is 3.05. The van der Waals surface area contributed by atoms with E-state index in [1.165, 1.54) is 31.5 Å². The Balaban J connectivity index is 1.79. The predicted octanol–water partition coefficient (Wildman–Crippen LogP) is 2.61. The summed E-state index contributed by atoms with van der Waals surface area (Å²) in [7, 11) is -2.42. The predicted molar refractivity (Wildman–Crippen MR) is 96.3 cm³/mol. The number of nitrogens with one attached hydrogen (secondary N) is 1. The number of ether oxygens (including phenoxy) is 1. The van der Waals surface area contributed by atoms with Gasteiger partial charge in [0.2, 0.25) is 0 Å². The van der Waals surface area contributed by atoms with Crippen molar-refractivity contribution in [3.05, 3.63) is 72.1 Å². The summed E-state index contributed by atoms with van der Waals surface area (Å²) in [5.41, 5.74) is 1.55. The summed E-state index contributed by atoms with van der Waals surface area (Å²) in [6, 6.07) is 15.7. The van der Waals surface area contributed by atoms with Crippen molar-refractivity contribution >= 4 is 15.7 Å². The molecule has 0 saturated carbocycles. The van der Waals surface area contributed by atoms with E-state index in [0.717, 1.165) is 5.56 Å². The van der Waals surface area contributed by atoms with Crippen molar-refractivity contribution in [1.82, 2.24) is 9.78 Å². The van der Waals surface area contributed by atoms with Crippen molar-refractivity contribution in [2.45, 2.75) is 11.4 Å². The van der Waals surface area contributed by atoms with Crippen LogP contribution in [-0.2, 0) is 16.6 Å². The molecule has 0 aliphatic rings. The number of methoxy groups -OCH3 is 1. The Morgan fingerprint density at radius 2 is 2.00 bits per heavy atom. The van der Waals surface area contributed by atoms with Crippen LogP contribution in [0.1, 0.15) is 11.1 Å². The van der Waals surface area contributed by atoms with Crippen LogP contribution in [0, 0.1) is 11.3 Å². The highest BCUT2D eigenvalue weighted by molar-refractivity contribution is 7.92. The Morgan fingerprint density at radius 1 is 1.23 bits per heavy atom. The van der Waals surface area contributed by atoms with Gasteiger partial charge in [0.05, 0.1) is 36.0 Å². The molecule has 0 atom stereocenters. The van der Waals surface area contributed by atoms with E-state index < -0.39 is 10.0 Å². The topological polar surface area (TPSA) is 97.0 Å². The molecule has 8 heteroatoms. The molecule has 3 aromatic rings. The normalized spacial score (nSPS) is 10.9. The number of anilines is 1. The Morgan fingerprint density at radius 3 is 2.69 bits per heavy atom. The molecular weight excluding hydrogens is 352 g/mol. The van der Waals surface area contributed by atoms with E-state index >= 15 is 0 Å². The van der Waals surface area contributed by atoms with E-state index in [-0.39, 0.29) is 10.5 Å². The summed E-state index contributed by atoms with van der Waals surface area (Å²) >= 11 is 0. The minimum Gasteiger partial charge on any atom is -0.495 e. The fraction of sp³-hybridized carbons (Fsp3) is 0.111. The van der Waals surface area contributed by atoms with Crippen LogP contribution in [0.5, 0.6) is 5.75 Å². The van der Waals surface area contributed by atoms with Crippen LogP contribution in [0.15, 0.2) is 65.8 Å². The summed E-state index contributed by atoms with van der Waals surface area (Å²) < 4.78 is 34.2. The lowest BCUT2D eigenvalue weighted by molar-refractivity contribution is 0.413. The first-order valence-corrected chi connectivity index (χ1v) is 9.17. The maximum absolute atomic E-state index is 12.5. The Bertz CT molecular complexity index is 1050. The molecule has 0 unspecified atom stereocenters. The first-order chi connectivity index (χ1) is 12.5. The van der Waals surface area contributed by atoms with Crippen LogP contribution in [0.3, 0.4) is 0 Å². The van der Waals surface area contributed by atoms with Gasteiger partial charge in [0.1, 0.15) is 11.8 Å². The third-order valence-corrected chi connectivity index (χ3v) is 5.05. The smallest absolute Gasteiger partial charge is 0.262 e. The molecule has 0 spiro atoms. The molecule has 7 nitrogen and oxygen atoms in total. The number of benzene rings is 2. The van der Waals surface area contributed by atoms with E-state index in [4.69, 9.17) is 10.00 Å². The molecule has 26 heavy (non-hydrogen) atoms. The molecule has 1 heterocycles. The standard InChI is InChI=1S/C18H16N4O3S/c1-25-18-8-7-17(9-15(18)10-19)26(23,24)21-16-11-20-22(13-16)12-14-5-3-2-4-6-14/h2-9,11,13,21H,12H2,1H3. The van der Waals surface area contributed by atoms with E-state index in [1.54, 1.807) is 10.9 Å². The van der Waals surface area contributed by atoms with Crippen LogP contribution in [0.4, 0.5) is 5.69 Å². The van der Waals surface area contributed by atoms with Gasteiger partial charge in [0, 0.05) is 6.20 Å². The Labute approximate surface area is 151 Å². The van der Waals surface area contributed by atoms with Gasteiger partial charge < -0.3 is 4.74 Å². The van der Waals surface area contributed by atoms with E-state index in [1.807, 2.05) is 36.4 Å². The molecule has 0 fully saturated rings. The van der Waals surface area contributed by atoms with E-state index in [0.29, 0.717) is 18.0 Å². The summed E-state index contributed by atoms with van der Waals surface area (Å²) in [5, 5.41) is 13.3. The fourth-order valence-corrected chi connectivity index (χ4v) is 3.48. The van der Waals surface area contributed by atoms with Gasteiger partial charge in [-0.05, 0) is 23.8 Å². The van der Waals surface area contributed by atoms with E-state index in [2.05, 4.69) is 9.82 Å². The maximum Gasteiger partial charge on any atom is 0.262 e. The van der Waals surface area contributed by atoms with Crippen LogP contribution in [0.2, 0.25) is 0 Å². The zero-order valence-corrected chi connectivity index (χ0v) is 14.8. The van der Waals surface area contributed by atoms with Crippen LogP contribution in [-0.4, -0.2) is 25.3 Å². The van der Waals surface area contributed by atoms with Crippen molar-refractivity contribution in [3.63, 3.8) is 0 Å². The van der Waals surface area contributed by atoms with Crippen molar-refractivity contribution < 1.29 is 13.2 Å². The third kappa shape index (κ3) is 3.84. The molecule has 1 N–H and O–H groups in total. The van der Waals surface area contributed by atoms with Gasteiger partial charge in [-0.25, -0.2) is 8.42 Å². The van der Waals surface area contributed by atoms with Gasteiger partial charge in [-0.3, -0.25) is 9.40 Å². The summed E-state index contributed by atoms with van der Waals surface area (Å²) in [6.45, 7) is 0.531. The third-order valence-electron chi connectivity index (χ3n) is 3.67. The number of nitrogens with zero attached hydrogens (tertiary/aromatic N) is 3. The Hall–Kier alpha value is -3.31. The molecule has 0 aliphatic heterocycles. The fourth-order valence-electron chi connectivity index (χ4n) is 2.43. The molecule has 132 valence electrons. The summed E-state index contributed by atoms with van der Waals surface area (Å²) in [5.74, 6) is 0.321. The number of nitriles is 1. The molecule has 2 aromatic carbocycles. The molecule has 0 saturated heterocycles. The maximum atomic E-state index is 12.5. The summed E-state index contributed by atoms with van der Waals surface area (Å²) in [4.78, 5) is -0.0225. The number of aromatic nitrogens is 2.